The third kappa shape index (κ3) is 1.58. The average molecular weight is 165 g/mol. The van der Waals surface area contributed by atoms with Crippen LogP contribution in [0.4, 0.5) is 0 Å². The number of aryl methyl sites for hydroxylation is 1. The van der Waals surface area contributed by atoms with Gasteiger partial charge >= 0.3 is 0 Å². The molecule has 0 atom stereocenters. The van der Waals surface area contributed by atoms with Crippen molar-refractivity contribution in [3.05, 3.63) is 23.5 Å². The van der Waals surface area contributed by atoms with E-state index in [1.54, 1.807) is 13.3 Å². The summed E-state index contributed by atoms with van der Waals surface area (Å²) in [6.45, 7) is 6.38. The van der Waals surface area contributed by atoms with Gasteiger partial charge in [-0.25, -0.2) is 0 Å². The third-order valence-corrected chi connectivity index (χ3v) is 1.95. The van der Waals surface area contributed by atoms with E-state index in [-0.39, 0.29) is 0 Å². The van der Waals surface area contributed by atoms with Crippen LogP contribution in [0.2, 0.25) is 0 Å². The van der Waals surface area contributed by atoms with Crippen molar-refractivity contribution in [1.82, 2.24) is 4.98 Å². The molecule has 2 heteroatoms. The van der Waals surface area contributed by atoms with Gasteiger partial charge < -0.3 is 4.74 Å². The van der Waals surface area contributed by atoms with E-state index in [1.165, 1.54) is 11.1 Å². The number of ether oxygens (including phenoxy) is 1. The molecule has 0 bridgehead atoms. The number of nitrogens with zero attached hydrogens (tertiary/aromatic N) is 1. The summed E-state index contributed by atoms with van der Waals surface area (Å²) in [7, 11) is 1.68. The highest BCUT2D eigenvalue weighted by Crippen LogP contribution is 2.27. The molecule has 0 aliphatic heterocycles. The predicted octanol–water partition coefficient (Wildman–Crippen LogP) is 2.52. The first kappa shape index (κ1) is 9.04. The second kappa shape index (κ2) is 3.57. The van der Waals surface area contributed by atoms with E-state index < -0.39 is 0 Å². The van der Waals surface area contributed by atoms with Crippen LogP contribution in [0.1, 0.15) is 30.9 Å². The molecule has 0 fully saturated rings. The quantitative estimate of drug-likeness (QED) is 0.671. The Morgan fingerprint density at radius 1 is 1.33 bits per heavy atom. The van der Waals surface area contributed by atoms with Gasteiger partial charge in [0.15, 0.2) is 0 Å². The summed E-state index contributed by atoms with van der Waals surface area (Å²) in [6.07, 6.45) is 3.64. The van der Waals surface area contributed by atoms with E-state index in [0.717, 1.165) is 5.75 Å². The molecule has 1 rings (SSSR count). The van der Waals surface area contributed by atoms with Crippen molar-refractivity contribution in [3.63, 3.8) is 0 Å². The number of rotatable bonds is 2. The lowest BCUT2D eigenvalue weighted by Gasteiger charge is -2.13. The number of aromatic nitrogens is 1. The van der Waals surface area contributed by atoms with Gasteiger partial charge in [0.05, 0.1) is 13.3 Å². The Hall–Kier alpha value is -1.05. The Balaban J connectivity index is 3.20. The number of methoxy groups -OCH3 is 1. The van der Waals surface area contributed by atoms with Gasteiger partial charge in [-0.3, -0.25) is 4.98 Å². The molecule has 0 saturated carbocycles. The van der Waals surface area contributed by atoms with Crippen LogP contribution in [0.5, 0.6) is 5.75 Å². The molecule has 0 radical (unpaired) electrons. The minimum Gasteiger partial charge on any atom is -0.495 e. The van der Waals surface area contributed by atoms with Crippen LogP contribution in [0.15, 0.2) is 12.4 Å². The van der Waals surface area contributed by atoms with E-state index in [4.69, 9.17) is 4.74 Å². The lowest BCUT2D eigenvalue weighted by molar-refractivity contribution is 0.405. The Labute approximate surface area is 73.6 Å². The summed E-state index contributed by atoms with van der Waals surface area (Å²) in [5.41, 5.74) is 2.46. The van der Waals surface area contributed by atoms with Crippen LogP contribution in [-0.4, -0.2) is 12.1 Å². The minimum absolute atomic E-state index is 0.489. The second-order valence-electron chi connectivity index (χ2n) is 3.23. The van der Waals surface area contributed by atoms with Gasteiger partial charge in [-0.1, -0.05) is 13.8 Å². The smallest absolute Gasteiger partial charge is 0.140 e. The fourth-order valence-corrected chi connectivity index (χ4v) is 1.45. The van der Waals surface area contributed by atoms with Crippen LogP contribution >= 0.6 is 0 Å². The highest BCUT2D eigenvalue weighted by Gasteiger charge is 2.09. The standard InChI is InChI=1S/C10H15NO/c1-7(2)10-8(3)5-11-6-9(10)12-4/h5-7H,1-4H3. The molecule has 0 amide bonds. The summed E-state index contributed by atoms with van der Waals surface area (Å²) >= 11 is 0. The molecule has 66 valence electrons. The molecule has 0 saturated heterocycles. The summed E-state index contributed by atoms with van der Waals surface area (Å²) in [4.78, 5) is 4.07. The Kier molecular flexibility index (Phi) is 2.69. The fraction of sp³-hybridized carbons (Fsp3) is 0.500. The van der Waals surface area contributed by atoms with Crippen molar-refractivity contribution in [2.45, 2.75) is 26.7 Å². The van der Waals surface area contributed by atoms with Crippen molar-refractivity contribution >= 4 is 0 Å². The number of pyridine rings is 1. The highest BCUT2D eigenvalue weighted by atomic mass is 16.5. The average Bonchev–Trinajstić information content (AvgIpc) is 2.03. The van der Waals surface area contributed by atoms with Crippen molar-refractivity contribution in [2.75, 3.05) is 7.11 Å². The predicted molar refractivity (Wildman–Crippen MR) is 49.6 cm³/mol. The van der Waals surface area contributed by atoms with Gasteiger partial charge in [0.2, 0.25) is 0 Å². The zero-order valence-corrected chi connectivity index (χ0v) is 8.09. The van der Waals surface area contributed by atoms with Crippen molar-refractivity contribution < 1.29 is 4.74 Å². The largest absolute Gasteiger partial charge is 0.495 e. The first-order chi connectivity index (χ1) is 5.66. The third-order valence-electron chi connectivity index (χ3n) is 1.95. The molecule has 0 aromatic carbocycles. The van der Waals surface area contributed by atoms with E-state index in [0.29, 0.717) is 5.92 Å². The maximum Gasteiger partial charge on any atom is 0.140 e. The van der Waals surface area contributed by atoms with Gasteiger partial charge in [-0.15, -0.1) is 0 Å². The fourth-order valence-electron chi connectivity index (χ4n) is 1.45. The molecule has 0 unspecified atom stereocenters. The molecular formula is C10H15NO. The van der Waals surface area contributed by atoms with E-state index in [2.05, 4.69) is 25.8 Å². The molecule has 0 N–H and O–H groups in total. The summed E-state index contributed by atoms with van der Waals surface area (Å²) in [5.74, 6) is 1.38. The van der Waals surface area contributed by atoms with Crippen LogP contribution in [0.3, 0.4) is 0 Å². The van der Waals surface area contributed by atoms with E-state index in [9.17, 15) is 0 Å². The highest BCUT2D eigenvalue weighted by molar-refractivity contribution is 5.38. The first-order valence-electron chi connectivity index (χ1n) is 4.15. The summed E-state index contributed by atoms with van der Waals surface area (Å²) < 4.78 is 5.22. The second-order valence-corrected chi connectivity index (χ2v) is 3.23. The normalized spacial score (nSPS) is 10.4. The lowest BCUT2D eigenvalue weighted by Crippen LogP contribution is -1.98. The van der Waals surface area contributed by atoms with E-state index in [1.807, 2.05) is 6.20 Å². The molecule has 1 aromatic rings. The molecule has 1 heterocycles. The number of hydrogen-bond donors (Lipinski definition) is 0. The molecule has 0 spiro atoms. The zero-order chi connectivity index (χ0) is 9.14. The van der Waals surface area contributed by atoms with Gasteiger partial charge in [-0.2, -0.15) is 0 Å². The van der Waals surface area contributed by atoms with Crippen LogP contribution in [-0.2, 0) is 0 Å². The molecule has 2 nitrogen and oxygen atoms in total. The molecule has 0 aliphatic carbocycles. The molecule has 0 aliphatic rings. The topological polar surface area (TPSA) is 22.1 Å². The Bertz CT molecular complexity index is 269. The zero-order valence-electron chi connectivity index (χ0n) is 8.09. The summed E-state index contributed by atoms with van der Waals surface area (Å²) in [5, 5.41) is 0. The van der Waals surface area contributed by atoms with Crippen molar-refractivity contribution in [2.24, 2.45) is 0 Å². The van der Waals surface area contributed by atoms with Gasteiger partial charge in [0.1, 0.15) is 5.75 Å². The van der Waals surface area contributed by atoms with Gasteiger partial charge in [0.25, 0.3) is 0 Å². The molecule has 1 aromatic heterocycles. The van der Waals surface area contributed by atoms with Crippen LogP contribution in [0, 0.1) is 6.92 Å². The Morgan fingerprint density at radius 3 is 2.42 bits per heavy atom. The number of hydrogen-bond acceptors (Lipinski definition) is 2. The van der Waals surface area contributed by atoms with Gasteiger partial charge in [-0.05, 0) is 18.4 Å². The van der Waals surface area contributed by atoms with Crippen molar-refractivity contribution in [3.8, 4) is 5.75 Å². The Morgan fingerprint density at radius 2 is 2.00 bits per heavy atom. The summed E-state index contributed by atoms with van der Waals surface area (Å²) in [6, 6.07) is 0. The lowest BCUT2D eigenvalue weighted by atomic mass is 9.99. The molecular weight excluding hydrogens is 150 g/mol. The van der Waals surface area contributed by atoms with Crippen LogP contribution in [0.25, 0.3) is 0 Å². The van der Waals surface area contributed by atoms with Crippen molar-refractivity contribution in [1.29, 1.82) is 0 Å². The maximum atomic E-state index is 5.22. The first-order valence-corrected chi connectivity index (χ1v) is 4.15. The van der Waals surface area contributed by atoms with Gasteiger partial charge in [0, 0.05) is 11.8 Å². The van der Waals surface area contributed by atoms with E-state index >= 15 is 0 Å². The maximum absolute atomic E-state index is 5.22. The monoisotopic (exact) mass is 165 g/mol. The SMILES string of the molecule is COc1cncc(C)c1C(C)C. The molecule has 12 heavy (non-hydrogen) atoms. The minimum atomic E-state index is 0.489. The van der Waals surface area contributed by atoms with Crippen LogP contribution < -0.4 is 4.74 Å².